The summed E-state index contributed by atoms with van der Waals surface area (Å²) in [6.07, 6.45) is 3.65. The van der Waals surface area contributed by atoms with E-state index >= 15 is 0 Å². The first-order valence-electron chi connectivity index (χ1n) is 8.22. The van der Waals surface area contributed by atoms with Crippen molar-refractivity contribution in [2.45, 2.75) is 45.7 Å². The Morgan fingerprint density at radius 2 is 2.38 bits per heavy atom. The van der Waals surface area contributed by atoms with Gasteiger partial charge in [0.05, 0.1) is 19.3 Å². The van der Waals surface area contributed by atoms with Crippen LogP contribution in [0.1, 0.15) is 45.5 Å². The molecular formula is C16H25BrN4O3. The highest BCUT2D eigenvalue weighted by Gasteiger charge is 2.42. The van der Waals surface area contributed by atoms with Crippen molar-refractivity contribution in [3.8, 4) is 0 Å². The van der Waals surface area contributed by atoms with E-state index in [4.69, 9.17) is 4.74 Å². The highest BCUT2D eigenvalue weighted by molar-refractivity contribution is 9.10. The second-order valence-corrected chi connectivity index (χ2v) is 7.28. The van der Waals surface area contributed by atoms with Gasteiger partial charge in [0.1, 0.15) is 22.8 Å². The Morgan fingerprint density at radius 1 is 1.67 bits per heavy atom. The van der Waals surface area contributed by atoms with Gasteiger partial charge in [0.2, 0.25) is 0 Å². The standard InChI is InChI=1S/C16H25BrN4O3/c1-5-11(3)13(9-22)21(16(23)24-4)20-8-10(2)6-12(20)15-18-7-14(17)19-15/h7,9-13H,5-6,8H2,1-4H3,(H,18,19)/t10-,11-,12-,13+/m0/s1. The van der Waals surface area contributed by atoms with Gasteiger partial charge in [0.15, 0.2) is 0 Å². The van der Waals surface area contributed by atoms with Gasteiger partial charge in [-0.3, -0.25) is 0 Å². The molecule has 1 saturated heterocycles. The number of amides is 1. The number of aldehydes is 1. The molecule has 1 aliphatic rings. The van der Waals surface area contributed by atoms with Gasteiger partial charge in [-0.1, -0.05) is 27.2 Å². The van der Waals surface area contributed by atoms with E-state index in [2.05, 4.69) is 32.8 Å². The van der Waals surface area contributed by atoms with Crippen molar-refractivity contribution in [3.63, 3.8) is 0 Å². The third-order valence-electron chi connectivity index (χ3n) is 4.65. The van der Waals surface area contributed by atoms with Crippen LogP contribution in [0.4, 0.5) is 4.79 Å². The Morgan fingerprint density at radius 3 is 2.88 bits per heavy atom. The van der Waals surface area contributed by atoms with Gasteiger partial charge in [-0.15, -0.1) is 0 Å². The molecule has 134 valence electrons. The summed E-state index contributed by atoms with van der Waals surface area (Å²) >= 11 is 3.37. The number of carbonyl (C=O) groups excluding carboxylic acids is 2. The maximum atomic E-state index is 12.5. The molecule has 1 amide bonds. The smallest absolute Gasteiger partial charge is 0.424 e. The zero-order valence-electron chi connectivity index (χ0n) is 14.5. The first kappa shape index (κ1) is 18.9. The van der Waals surface area contributed by atoms with Crippen LogP contribution in [0.5, 0.6) is 0 Å². The SMILES string of the molecule is CC[C@H](C)[C@@H](C=O)N(C(=O)OC)N1C[C@@H](C)C[C@H]1c1ncc(Br)[nH]1. The predicted molar refractivity (Wildman–Crippen MR) is 93.1 cm³/mol. The quantitative estimate of drug-likeness (QED) is 0.741. The summed E-state index contributed by atoms with van der Waals surface area (Å²) < 4.78 is 5.76. The van der Waals surface area contributed by atoms with Crippen LogP contribution in [0.3, 0.4) is 0 Å². The first-order valence-corrected chi connectivity index (χ1v) is 9.01. The van der Waals surface area contributed by atoms with Crippen molar-refractivity contribution in [3.05, 3.63) is 16.6 Å². The van der Waals surface area contributed by atoms with Gasteiger partial charge < -0.3 is 14.5 Å². The van der Waals surface area contributed by atoms with Crippen LogP contribution < -0.4 is 0 Å². The summed E-state index contributed by atoms with van der Waals surface area (Å²) in [7, 11) is 1.34. The van der Waals surface area contributed by atoms with Crippen molar-refractivity contribution in [2.24, 2.45) is 11.8 Å². The molecule has 0 aliphatic carbocycles. The molecule has 0 unspecified atom stereocenters. The number of H-pyrrole nitrogens is 1. The van der Waals surface area contributed by atoms with Crippen LogP contribution in [-0.2, 0) is 9.53 Å². The summed E-state index contributed by atoms with van der Waals surface area (Å²) in [6.45, 7) is 6.76. The van der Waals surface area contributed by atoms with E-state index < -0.39 is 12.1 Å². The lowest BCUT2D eigenvalue weighted by atomic mass is 10.00. The van der Waals surface area contributed by atoms with Crippen molar-refractivity contribution in [2.75, 3.05) is 13.7 Å². The van der Waals surface area contributed by atoms with E-state index in [0.717, 1.165) is 29.6 Å². The maximum Gasteiger partial charge on any atom is 0.424 e. The highest BCUT2D eigenvalue weighted by Crippen LogP contribution is 2.37. The minimum absolute atomic E-state index is 0.0292. The lowest BCUT2D eigenvalue weighted by molar-refractivity contribution is -0.125. The van der Waals surface area contributed by atoms with Crippen LogP contribution >= 0.6 is 15.9 Å². The van der Waals surface area contributed by atoms with E-state index in [1.807, 2.05) is 18.9 Å². The molecule has 24 heavy (non-hydrogen) atoms. The molecule has 7 nitrogen and oxygen atoms in total. The average Bonchev–Trinajstić information content (AvgIpc) is 3.16. The number of hydrazine groups is 1. The number of hydrogen-bond donors (Lipinski definition) is 1. The maximum absolute atomic E-state index is 12.5. The van der Waals surface area contributed by atoms with Gasteiger partial charge in [-0.2, -0.15) is 0 Å². The second kappa shape index (κ2) is 8.11. The summed E-state index contributed by atoms with van der Waals surface area (Å²) in [5.74, 6) is 1.17. The third-order valence-corrected chi connectivity index (χ3v) is 5.05. The van der Waals surface area contributed by atoms with Gasteiger partial charge in [-0.25, -0.2) is 19.8 Å². The monoisotopic (exact) mass is 400 g/mol. The largest absolute Gasteiger partial charge is 0.452 e. The average molecular weight is 401 g/mol. The minimum Gasteiger partial charge on any atom is -0.452 e. The highest BCUT2D eigenvalue weighted by atomic mass is 79.9. The van der Waals surface area contributed by atoms with Crippen molar-refractivity contribution in [1.29, 1.82) is 0 Å². The number of halogens is 1. The normalized spacial score (nSPS) is 23.7. The van der Waals surface area contributed by atoms with Crippen LogP contribution in [0.2, 0.25) is 0 Å². The number of hydrogen-bond acceptors (Lipinski definition) is 5. The van der Waals surface area contributed by atoms with E-state index in [9.17, 15) is 9.59 Å². The Balaban J connectivity index is 2.38. The van der Waals surface area contributed by atoms with Crippen molar-refractivity contribution >= 4 is 28.3 Å². The first-order chi connectivity index (χ1) is 11.4. The van der Waals surface area contributed by atoms with Gasteiger partial charge in [0, 0.05) is 6.54 Å². The third kappa shape index (κ3) is 3.80. The number of methoxy groups -OCH3 is 1. The van der Waals surface area contributed by atoms with Crippen LogP contribution in [0.25, 0.3) is 0 Å². The number of imidazole rings is 1. The Bertz CT molecular complexity index is 579. The summed E-state index contributed by atoms with van der Waals surface area (Å²) in [4.78, 5) is 31.8. The number of aromatic amines is 1. The molecule has 0 aromatic carbocycles. The van der Waals surface area contributed by atoms with E-state index in [-0.39, 0.29) is 12.0 Å². The zero-order valence-corrected chi connectivity index (χ0v) is 16.1. The summed E-state index contributed by atoms with van der Waals surface area (Å²) in [5.41, 5.74) is 0. The molecule has 0 spiro atoms. The predicted octanol–water partition coefficient (Wildman–Crippen LogP) is 3.15. The fourth-order valence-electron chi connectivity index (χ4n) is 3.16. The fourth-order valence-corrected chi connectivity index (χ4v) is 3.47. The van der Waals surface area contributed by atoms with Crippen LogP contribution in [-0.4, -0.2) is 52.1 Å². The molecule has 8 heteroatoms. The molecular weight excluding hydrogens is 376 g/mol. The fraction of sp³-hybridized carbons (Fsp3) is 0.688. The molecule has 2 heterocycles. The van der Waals surface area contributed by atoms with Gasteiger partial charge in [-0.05, 0) is 34.2 Å². The molecule has 1 fully saturated rings. The molecule has 2 rings (SSSR count). The van der Waals surface area contributed by atoms with E-state index in [1.54, 1.807) is 6.20 Å². The van der Waals surface area contributed by atoms with E-state index in [0.29, 0.717) is 12.5 Å². The Kier molecular flexibility index (Phi) is 6.40. The summed E-state index contributed by atoms with van der Waals surface area (Å²) in [6, 6.07) is -0.662. The minimum atomic E-state index is -0.561. The van der Waals surface area contributed by atoms with E-state index in [1.165, 1.54) is 12.1 Å². The number of ether oxygens (including phenoxy) is 1. The number of carbonyl (C=O) groups is 2. The molecule has 4 atom stereocenters. The Labute approximate surface area is 150 Å². The number of rotatable bonds is 6. The van der Waals surface area contributed by atoms with Crippen LogP contribution in [0.15, 0.2) is 10.8 Å². The molecule has 1 aromatic heterocycles. The number of nitrogens with zero attached hydrogens (tertiary/aromatic N) is 3. The van der Waals surface area contributed by atoms with Crippen molar-refractivity contribution < 1.29 is 14.3 Å². The van der Waals surface area contributed by atoms with Crippen LogP contribution in [0, 0.1) is 11.8 Å². The molecule has 0 saturated carbocycles. The van der Waals surface area contributed by atoms with Gasteiger partial charge in [0.25, 0.3) is 0 Å². The second-order valence-electron chi connectivity index (χ2n) is 6.42. The molecule has 1 aliphatic heterocycles. The number of aromatic nitrogens is 2. The summed E-state index contributed by atoms with van der Waals surface area (Å²) in [5, 5.41) is 3.40. The Hall–Kier alpha value is -1.41. The lowest BCUT2D eigenvalue weighted by Gasteiger charge is -2.39. The van der Waals surface area contributed by atoms with Crippen molar-refractivity contribution in [1.82, 2.24) is 20.0 Å². The number of nitrogens with one attached hydrogen (secondary N) is 1. The topological polar surface area (TPSA) is 78.5 Å². The lowest BCUT2D eigenvalue weighted by Crippen LogP contribution is -2.54. The zero-order chi connectivity index (χ0) is 17.9. The molecule has 1 aromatic rings. The molecule has 1 N–H and O–H groups in total. The molecule has 0 radical (unpaired) electrons. The van der Waals surface area contributed by atoms with Gasteiger partial charge >= 0.3 is 6.09 Å². The molecule has 0 bridgehead atoms.